The number of benzene rings is 3. The van der Waals surface area contributed by atoms with Crippen LogP contribution in [0.1, 0.15) is 22.3 Å². The predicted octanol–water partition coefficient (Wildman–Crippen LogP) is 6.10. The second-order valence-corrected chi connectivity index (χ2v) is 8.82. The van der Waals surface area contributed by atoms with Gasteiger partial charge in [-0.25, -0.2) is 0 Å². The Morgan fingerprint density at radius 3 is 2.42 bits per heavy atom. The molecule has 7 heteroatoms. The Labute approximate surface area is 194 Å². The Morgan fingerprint density at radius 2 is 1.68 bits per heavy atom. The molecule has 0 atom stereocenters. The molecule has 0 bridgehead atoms. The van der Waals surface area contributed by atoms with Gasteiger partial charge in [0.05, 0.1) is 6.21 Å². The molecular weight excluding hydrogens is 472 g/mol. The fourth-order valence-electron chi connectivity index (χ4n) is 2.75. The average molecular weight is 493 g/mol. The molecule has 0 unspecified atom stereocenters. The van der Waals surface area contributed by atoms with E-state index in [1.807, 2.05) is 48.5 Å². The van der Waals surface area contributed by atoms with Gasteiger partial charge in [-0.3, -0.25) is 0 Å². The molecule has 0 fully saturated rings. The van der Waals surface area contributed by atoms with Crippen molar-refractivity contribution in [1.82, 2.24) is 14.9 Å². The summed E-state index contributed by atoms with van der Waals surface area (Å²) in [7, 11) is 0. The first-order chi connectivity index (χ1) is 15.2. The van der Waals surface area contributed by atoms with E-state index >= 15 is 0 Å². The summed E-state index contributed by atoms with van der Waals surface area (Å²) < 4.78 is 8.60. The number of aryl methyl sites for hydroxylation is 1. The van der Waals surface area contributed by atoms with Gasteiger partial charge in [0, 0.05) is 10.2 Å². The maximum absolute atomic E-state index is 5.85. The standard InChI is InChI=1S/C24H21BrN4OS/c1-18-2-4-21(5-3-18)16-31-24-28-26-17-29(24)27-14-19-8-12-23(13-9-19)30-15-20-6-10-22(25)11-7-20/h2-14,17H,15-16H2,1H3/b27-14-. The zero-order valence-corrected chi connectivity index (χ0v) is 19.4. The summed E-state index contributed by atoms with van der Waals surface area (Å²) in [6.45, 7) is 2.62. The highest BCUT2D eigenvalue weighted by Gasteiger charge is 2.05. The van der Waals surface area contributed by atoms with Crippen molar-refractivity contribution in [1.29, 1.82) is 0 Å². The Kier molecular flexibility index (Phi) is 7.17. The van der Waals surface area contributed by atoms with E-state index in [1.54, 1.807) is 29.0 Å². The Bertz CT molecular complexity index is 1140. The van der Waals surface area contributed by atoms with Gasteiger partial charge < -0.3 is 4.74 Å². The minimum atomic E-state index is 0.531. The molecule has 0 saturated carbocycles. The summed E-state index contributed by atoms with van der Waals surface area (Å²) in [5.41, 5.74) is 4.59. The highest BCUT2D eigenvalue weighted by molar-refractivity contribution is 9.10. The molecule has 1 heterocycles. The molecule has 0 aliphatic heterocycles. The van der Waals surface area contributed by atoms with Crippen molar-refractivity contribution < 1.29 is 4.74 Å². The van der Waals surface area contributed by atoms with E-state index in [0.29, 0.717) is 6.61 Å². The van der Waals surface area contributed by atoms with E-state index in [4.69, 9.17) is 4.74 Å². The highest BCUT2D eigenvalue weighted by Crippen LogP contribution is 2.21. The van der Waals surface area contributed by atoms with Crippen molar-refractivity contribution in [3.8, 4) is 5.75 Å². The van der Waals surface area contributed by atoms with Crippen LogP contribution in [0.4, 0.5) is 0 Å². The zero-order valence-electron chi connectivity index (χ0n) is 17.0. The maximum atomic E-state index is 5.85. The van der Waals surface area contributed by atoms with Crippen LogP contribution in [0.5, 0.6) is 5.75 Å². The quantitative estimate of drug-likeness (QED) is 0.220. The summed E-state index contributed by atoms with van der Waals surface area (Å²) in [4.78, 5) is 0. The number of aromatic nitrogens is 3. The van der Waals surface area contributed by atoms with Gasteiger partial charge in [0.15, 0.2) is 0 Å². The van der Waals surface area contributed by atoms with E-state index in [1.165, 1.54) is 11.1 Å². The lowest BCUT2D eigenvalue weighted by atomic mass is 10.2. The molecule has 4 rings (SSSR count). The maximum Gasteiger partial charge on any atom is 0.212 e. The molecule has 3 aromatic carbocycles. The number of hydrogen-bond donors (Lipinski definition) is 0. The minimum absolute atomic E-state index is 0.531. The van der Waals surface area contributed by atoms with E-state index in [-0.39, 0.29) is 0 Å². The molecule has 0 radical (unpaired) electrons. The lowest BCUT2D eigenvalue weighted by Crippen LogP contribution is -1.96. The molecule has 5 nitrogen and oxygen atoms in total. The average Bonchev–Trinajstić information content (AvgIpc) is 3.25. The third-order valence-corrected chi connectivity index (χ3v) is 6.05. The van der Waals surface area contributed by atoms with E-state index in [0.717, 1.165) is 32.3 Å². The molecule has 4 aromatic rings. The highest BCUT2D eigenvalue weighted by atomic mass is 79.9. The fraction of sp³-hybridized carbons (Fsp3) is 0.125. The molecule has 156 valence electrons. The smallest absolute Gasteiger partial charge is 0.212 e. The number of ether oxygens (including phenoxy) is 1. The van der Waals surface area contributed by atoms with Crippen molar-refractivity contribution in [2.75, 3.05) is 0 Å². The van der Waals surface area contributed by atoms with Gasteiger partial charge in [-0.2, -0.15) is 9.78 Å². The molecule has 1 aromatic heterocycles. The number of hydrogen-bond acceptors (Lipinski definition) is 5. The zero-order chi connectivity index (χ0) is 21.5. The van der Waals surface area contributed by atoms with Crippen molar-refractivity contribution >= 4 is 33.9 Å². The number of nitrogens with zero attached hydrogens (tertiary/aromatic N) is 4. The van der Waals surface area contributed by atoms with Crippen molar-refractivity contribution in [2.45, 2.75) is 24.4 Å². The Hall–Kier alpha value is -2.90. The number of halogens is 1. The molecule has 31 heavy (non-hydrogen) atoms. The van der Waals surface area contributed by atoms with Crippen LogP contribution in [0.25, 0.3) is 0 Å². The third-order valence-electron chi connectivity index (χ3n) is 4.52. The normalized spacial score (nSPS) is 11.2. The van der Waals surface area contributed by atoms with Crippen LogP contribution >= 0.6 is 27.7 Å². The lowest BCUT2D eigenvalue weighted by Gasteiger charge is -2.06. The Balaban J connectivity index is 1.33. The van der Waals surface area contributed by atoms with Gasteiger partial charge in [-0.15, -0.1) is 10.2 Å². The summed E-state index contributed by atoms with van der Waals surface area (Å²) in [6, 6.07) is 24.4. The molecule has 0 aliphatic rings. The molecule has 0 amide bonds. The second-order valence-electron chi connectivity index (χ2n) is 6.96. The second kappa shape index (κ2) is 10.4. The SMILES string of the molecule is Cc1ccc(CSc2nncn2/N=C\c2ccc(OCc3ccc(Br)cc3)cc2)cc1. The van der Waals surface area contributed by atoms with E-state index < -0.39 is 0 Å². The largest absolute Gasteiger partial charge is 0.489 e. The van der Waals surface area contributed by atoms with Crippen LogP contribution in [0.15, 0.2) is 93.9 Å². The van der Waals surface area contributed by atoms with Crippen molar-refractivity contribution in [3.05, 3.63) is 106 Å². The van der Waals surface area contributed by atoms with Crippen molar-refractivity contribution in [2.24, 2.45) is 5.10 Å². The van der Waals surface area contributed by atoms with Crippen LogP contribution < -0.4 is 4.74 Å². The van der Waals surface area contributed by atoms with Crippen LogP contribution in [0, 0.1) is 6.92 Å². The molecule has 0 saturated heterocycles. The molecule has 0 N–H and O–H groups in total. The summed E-state index contributed by atoms with van der Waals surface area (Å²) in [6.07, 6.45) is 3.40. The monoisotopic (exact) mass is 492 g/mol. The lowest BCUT2D eigenvalue weighted by molar-refractivity contribution is 0.306. The predicted molar refractivity (Wildman–Crippen MR) is 129 cm³/mol. The van der Waals surface area contributed by atoms with Crippen LogP contribution in [-0.2, 0) is 12.4 Å². The van der Waals surface area contributed by atoms with Gasteiger partial charge >= 0.3 is 0 Å². The molecule has 0 aliphatic carbocycles. The number of rotatable bonds is 8. The topological polar surface area (TPSA) is 52.3 Å². The third kappa shape index (κ3) is 6.29. The van der Waals surface area contributed by atoms with E-state index in [2.05, 4.69) is 62.4 Å². The van der Waals surface area contributed by atoms with Crippen molar-refractivity contribution in [3.63, 3.8) is 0 Å². The number of thioether (sulfide) groups is 1. The van der Waals surface area contributed by atoms with Crippen LogP contribution in [-0.4, -0.2) is 21.1 Å². The summed E-state index contributed by atoms with van der Waals surface area (Å²) >= 11 is 5.05. The van der Waals surface area contributed by atoms with Gasteiger partial charge in [0.1, 0.15) is 18.7 Å². The molecule has 0 spiro atoms. The molecular formula is C24H21BrN4OS. The minimum Gasteiger partial charge on any atom is -0.489 e. The van der Waals surface area contributed by atoms with Crippen LogP contribution in [0.2, 0.25) is 0 Å². The summed E-state index contributed by atoms with van der Waals surface area (Å²) in [5, 5.41) is 13.4. The first kappa shape index (κ1) is 21.3. The van der Waals surface area contributed by atoms with E-state index in [9.17, 15) is 0 Å². The Morgan fingerprint density at radius 1 is 0.968 bits per heavy atom. The van der Waals surface area contributed by atoms with Gasteiger partial charge in [0.25, 0.3) is 0 Å². The van der Waals surface area contributed by atoms with Gasteiger partial charge in [-0.05, 0) is 60.0 Å². The van der Waals surface area contributed by atoms with Gasteiger partial charge in [-0.1, -0.05) is 69.7 Å². The first-order valence-corrected chi connectivity index (χ1v) is 11.5. The summed E-state index contributed by atoms with van der Waals surface area (Å²) in [5.74, 6) is 1.64. The first-order valence-electron chi connectivity index (χ1n) is 9.76. The fourth-order valence-corrected chi connectivity index (χ4v) is 3.84. The van der Waals surface area contributed by atoms with Crippen LogP contribution in [0.3, 0.4) is 0 Å². The van der Waals surface area contributed by atoms with Gasteiger partial charge in [0.2, 0.25) is 5.16 Å².